The summed E-state index contributed by atoms with van der Waals surface area (Å²) in [5.41, 5.74) is 1.39. The summed E-state index contributed by atoms with van der Waals surface area (Å²) in [6.45, 7) is 2.32. The maximum atomic E-state index is 9.11. The number of hydrogen-bond acceptors (Lipinski definition) is 3. The molecule has 1 aromatic rings. The minimum absolute atomic E-state index is 0.501. The van der Waals surface area contributed by atoms with Crippen molar-refractivity contribution < 1.29 is 4.74 Å². The van der Waals surface area contributed by atoms with Crippen LogP contribution >= 0.6 is 11.6 Å². The molecule has 0 heterocycles. The van der Waals surface area contributed by atoms with E-state index in [2.05, 4.69) is 6.07 Å². The van der Waals surface area contributed by atoms with Crippen LogP contribution in [0.5, 0.6) is 0 Å². The van der Waals surface area contributed by atoms with E-state index in [4.69, 9.17) is 21.6 Å². The lowest BCUT2D eigenvalue weighted by molar-refractivity contribution is 0.131. The summed E-state index contributed by atoms with van der Waals surface area (Å²) in [7, 11) is 1.95. The number of nitrogens with zero attached hydrogens (tertiary/aromatic N) is 2. The largest absolute Gasteiger partial charge is 0.379 e. The molecule has 0 N–H and O–H groups in total. The Bertz CT molecular complexity index is 452. The van der Waals surface area contributed by atoms with Crippen LogP contribution < -0.4 is 4.90 Å². The van der Waals surface area contributed by atoms with Crippen molar-refractivity contribution in [1.82, 2.24) is 0 Å². The maximum Gasteiger partial charge on any atom is 0.103 e. The molecule has 1 saturated carbocycles. The summed E-state index contributed by atoms with van der Waals surface area (Å²) in [5.74, 6) is 0.788. The second kappa shape index (κ2) is 6.08. The van der Waals surface area contributed by atoms with Gasteiger partial charge in [-0.25, -0.2) is 0 Å². The third kappa shape index (κ3) is 3.38. The van der Waals surface area contributed by atoms with Gasteiger partial charge in [-0.05, 0) is 30.9 Å². The maximum absolute atomic E-state index is 9.11. The first-order valence-electron chi connectivity index (χ1n) is 6.20. The molecule has 0 spiro atoms. The Labute approximate surface area is 113 Å². The van der Waals surface area contributed by atoms with Crippen LogP contribution in [0.25, 0.3) is 0 Å². The van der Waals surface area contributed by atoms with Crippen LogP contribution in [0.15, 0.2) is 18.2 Å². The Hall–Kier alpha value is -1.24. The highest BCUT2D eigenvalue weighted by Crippen LogP contribution is 2.29. The Kier molecular flexibility index (Phi) is 4.46. The molecule has 2 rings (SSSR count). The number of ether oxygens (including phenoxy) is 1. The van der Waals surface area contributed by atoms with Gasteiger partial charge in [0.2, 0.25) is 0 Å². The smallest absolute Gasteiger partial charge is 0.103 e. The predicted molar refractivity (Wildman–Crippen MR) is 73.0 cm³/mol. The van der Waals surface area contributed by atoms with Crippen molar-refractivity contribution in [2.45, 2.75) is 12.8 Å². The first-order valence-corrected chi connectivity index (χ1v) is 6.57. The molecule has 18 heavy (non-hydrogen) atoms. The Morgan fingerprint density at radius 1 is 1.50 bits per heavy atom. The Morgan fingerprint density at radius 3 is 2.94 bits per heavy atom. The number of rotatable bonds is 6. The fourth-order valence-electron chi connectivity index (χ4n) is 1.80. The molecular formula is C14H17ClN2O. The lowest BCUT2D eigenvalue weighted by atomic mass is 10.2. The van der Waals surface area contributed by atoms with E-state index in [1.54, 1.807) is 6.07 Å². The molecule has 1 fully saturated rings. The topological polar surface area (TPSA) is 36.3 Å². The summed E-state index contributed by atoms with van der Waals surface area (Å²) in [4.78, 5) is 2.01. The zero-order valence-corrected chi connectivity index (χ0v) is 11.3. The van der Waals surface area contributed by atoms with Gasteiger partial charge in [0.15, 0.2) is 0 Å². The van der Waals surface area contributed by atoms with Gasteiger partial charge in [0.05, 0.1) is 22.9 Å². The van der Waals surface area contributed by atoms with Gasteiger partial charge in [-0.3, -0.25) is 0 Å². The van der Waals surface area contributed by atoms with E-state index in [0.29, 0.717) is 17.2 Å². The fraction of sp³-hybridized carbons (Fsp3) is 0.500. The third-order valence-corrected chi connectivity index (χ3v) is 3.45. The van der Waals surface area contributed by atoms with E-state index < -0.39 is 0 Å². The molecule has 0 saturated heterocycles. The van der Waals surface area contributed by atoms with Crippen molar-refractivity contribution in [3.8, 4) is 6.07 Å². The number of anilines is 1. The van der Waals surface area contributed by atoms with Crippen LogP contribution in [0.1, 0.15) is 18.4 Å². The van der Waals surface area contributed by atoms with Crippen molar-refractivity contribution in [2.24, 2.45) is 5.92 Å². The van der Waals surface area contributed by atoms with Crippen LogP contribution in [0, 0.1) is 17.2 Å². The lowest BCUT2D eigenvalue weighted by Gasteiger charge is -2.20. The summed E-state index contributed by atoms with van der Waals surface area (Å²) in [6.07, 6.45) is 2.62. The van der Waals surface area contributed by atoms with Gasteiger partial charge >= 0.3 is 0 Å². The van der Waals surface area contributed by atoms with Crippen LogP contribution in [-0.4, -0.2) is 26.8 Å². The molecule has 1 aromatic carbocycles. The van der Waals surface area contributed by atoms with Crippen molar-refractivity contribution in [2.75, 3.05) is 31.7 Å². The molecule has 0 bridgehead atoms. The highest BCUT2D eigenvalue weighted by molar-refractivity contribution is 6.32. The minimum Gasteiger partial charge on any atom is -0.379 e. The SMILES string of the molecule is CN(CCOCC1CC1)c1cccc(Cl)c1C#N. The van der Waals surface area contributed by atoms with Crippen LogP contribution in [0.2, 0.25) is 5.02 Å². The highest BCUT2D eigenvalue weighted by Gasteiger charge is 2.21. The Balaban J connectivity index is 1.89. The Morgan fingerprint density at radius 2 is 2.28 bits per heavy atom. The van der Waals surface area contributed by atoms with Gasteiger partial charge in [-0.15, -0.1) is 0 Å². The van der Waals surface area contributed by atoms with Gasteiger partial charge in [0.1, 0.15) is 6.07 Å². The van der Waals surface area contributed by atoms with Gasteiger partial charge in [0.25, 0.3) is 0 Å². The van der Waals surface area contributed by atoms with E-state index in [-0.39, 0.29) is 0 Å². The predicted octanol–water partition coefficient (Wildman–Crippen LogP) is 3.07. The molecular weight excluding hydrogens is 248 g/mol. The average Bonchev–Trinajstić information content (AvgIpc) is 3.18. The molecule has 0 aliphatic heterocycles. The van der Waals surface area contributed by atoms with Crippen molar-refractivity contribution >= 4 is 17.3 Å². The molecule has 1 aliphatic carbocycles. The van der Waals surface area contributed by atoms with Crippen LogP contribution in [0.4, 0.5) is 5.69 Å². The third-order valence-electron chi connectivity index (χ3n) is 3.14. The summed E-state index contributed by atoms with van der Waals surface area (Å²) in [6, 6.07) is 7.66. The lowest BCUT2D eigenvalue weighted by Crippen LogP contribution is -2.23. The standard InChI is InChI=1S/C14H17ClN2O/c1-17(7-8-18-10-11-5-6-11)14-4-2-3-13(15)12(14)9-16/h2-4,11H,5-8,10H2,1H3. The molecule has 96 valence electrons. The van der Waals surface area contributed by atoms with Crippen LogP contribution in [-0.2, 0) is 4.74 Å². The number of hydrogen-bond donors (Lipinski definition) is 0. The van der Waals surface area contributed by atoms with Crippen LogP contribution in [0.3, 0.4) is 0 Å². The number of nitriles is 1. The van der Waals surface area contributed by atoms with Crippen molar-refractivity contribution in [3.63, 3.8) is 0 Å². The number of halogens is 1. The van der Waals surface area contributed by atoms with E-state index >= 15 is 0 Å². The first kappa shape index (κ1) is 13.2. The van der Waals surface area contributed by atoms with Gasteiger partial charge in [0, 0.05) is 20.2 Å². The quantitative estimate of drug-likeness (QED) is 0.741. The fourth-order valence-corrected chi connectivity index (χ4v) is 2.01. The van der Waals surface area contributed by atoms with Gasteiger partial charge < -0.3 is 9.64 Å². The molecule has 4 heteroatoms. The summed E-state index contributed by atoms with van der Waals surface area (Å²) >= 11 is 6.00. The normalized spacial score (nSPS) is 14.3. The summed E-state index contributed by atoms with van der Waals surface area (Å²) < 4.78 is 5.60. The zero-order valence-electron chi connectivity index (χ0n) is 10.5. The summed E-state index contributed by atoms with van der Waals surface area (Å²) in [5, 5.41) is 9.61. The molecule has 0 amide bonds. The first-order chi connectivity index (χ1) is 8.72. The molecule has 0 unspecified atom stereocenters. The van der Waals surface area contributed by atoms with E-state index in [0.717, 1.165) is 24.8 Å². The molecule has 0 aromatic heterocycles. The van der Waals surface area contributed by atoms with Crippen molar-refractivity contribution in [1.29, 1.82) is 5.26 Å². The second-order valence-electron chi connectivity index (χ2n) is 4.69. The van der Waals surface area contributed by atoms with Gasteiger partial charge in [-0.1, -0.05) is 17.7 Å². The zero-order chi connectivity index (χ0) is 13.0. The molecule has 0 radical (unpaired) electrons. The van der Waals surface area contributed by atoms with Gasteiger partial charge in [-0.2, -0.15) is 5.26 Å². The highest BCUT2D eigenvalue weighted by atomic mass is 35.5. The number of likely N-dealkylation sites (N-methyl/N-ethyl adjacent to an activating group) is 1. The molecule has 1 aliphatic rings. The number of benzene rings is 1. The van der Waals surface area contributed by atoms with E-state index in [1.165, 1.54) is 12.8 Å². The molecule has 0 atom stereocenters. The monoisotopic (exact) mass is 264 g/mol. The van der Waals surface area contributed by atoms with E-state index in [9.17, 15) is 0 Å². The second-order valence-corrected chi connectivity index (χ2v) is 5.09. The van der Waals surface area contributed by atoms with E-state index in [1.807, 2.05) is 24.1 Å². The minimum atomic E-state index is 0.501. The molecule has 3 nitrogen and oxygen atoms in total. The van der Waals surface area contributed by atoms with Crippen molar-refractivity contribution in [3.05, 3.63) is 28.8 Å². The average molecular weight is 265 g/mol.